The minimum absolute atomic E-state index is 0.338. The topological polar surface area (TPSA) is 37.2 Å². The number of oxazole rings is 1. The predicted molar refractivity (Wildman–Crippen MR) is 53.7 cm³/mol. The first-order valence-corrected chi connectivity index (χ1v) is 5.45. The maximum absolute atomic E-state index is 8.58. The largest absolute Gasteiger partial charge is 0.412 e. The molecule has 0 aliphatic rings. The van der Waals surface area contributed by atoms with Crippen LogP contribution in [0.2, 0.25) is 0 Å². The zero-order valence-electron chi connectivity index (χ0n) is 8.69. The molecule has 1 rings (SSSR count). The van der Waals surface area contributed by atoms with E-state index in [2.05, 4.69) is 4.57 Å². The first-order valence-electron chi connectivity index (χ1n) is 5.45. The first kappa shape index (κ1) is 11.2. The Labute approximate surface area is 85.4 Å². The zero-order chi connectivity index (χ0) is 10.1. The third-order valence-electron chi connectivity index (χ3n) is 2.35. The number of aliphatic hydroxyl groups is 1. The van der Waals surface area contributed by atoms with Gasteiger partial charge >= 0.3 is 6.39 Å². The quantitative estimate of drug-likeness (QED) is 0.511. The highest BCUT2D eigenvalue weighted by Gasteiger charge is 1.99. The summed E-state index contributed by atoms with van der Waals surface area (Å²) in [4.78, 5) is 0. The van der Waals surface area contributed by atoms with Gasteiger partial charge in [0.25, 0.3) is 0 Å². The second kappa shape index (κ2) is 7.56. The molecule has 0 saturated carbocycles. The van der Waals surface area contributed by atoms with Crippen LogP contribution in [-0.2, 0) is 6.54 Å². The Morgan fingerprint density at radius 1 is 1.00 bits per heavy atom. The summed E-state index contributed by atoms with van der Waals surface area (Å²) in [5.41, 5.74) is 0. The van der Waals surface area contributed by atoms with Crippen molar-refractivity contribution in [2.45, 2.75) is 45.1 Å². The summed E-state index contributed by atoms with van der Waals surface area (Å²) in [7, 11) is 0. The average Bonchev–Trinajstić information content (AvgIpc) is 2.69. The highest BCUT2D eigenvalue weighted by Crippen LogP contribution is 2.04. The van der Waals surface area contributed by atoms with Gasteiger partial charge in [-0.3, -0.25) is 0 Å². The van der Waals surface area contributed by atoms with Crippen LogP contribution >= 0.6 is 0 Å². The Hall–Kier alpha value is -0.830. The molecular weight excluding hydrogens is 178 g/mol. The van der Waals surface area contributed by atoms with Gasteiger partial charge in [0.1, 0.15) is 0 Å². The van der Waals surface area contributed by atoms with Crippen molar-refractivity contribution >= 4 is 0 Å². The van der Waals surface area contributed by atoms with Crippen molar-refractivity contribution in [2.24, 2.45) is 0 Å². The highest BCUT2D eigenvalue weighted by molar-refractivity contribution is 4.47. The summed E-state index contributed by atoms with van der Waals surface area (Å²) in [6.45, 7) is 1.39. The van der Waals surface area contributed by atoms with E-state index in [9.17, 15) is 0 Å². The average molecular weight is 198 g/mol. The van der Waals surface area contributed by atoms with Gasteiger partial charge in [0.15, 0.2) is 12.8 Å². The molecule has 0 aliphatic heterocycles. The van der Waals surface area contributed by atoms with Crippen LogP contribution in [0, 0.1) is 0 Å². The minimum Gasteiger partial charge on any atom is -0.412 e. The number of aliphatic hydroxyl groups excluding tert-OH is 1. The molecule has 1 aromatic heterocycles. The highest BCUT2D eigenvalue weighted by atomic mass is 16.3. The van der Waals surface area contributed by atoms with Crippen molar-refractivity contribution in [1.82, 2.24) is 0 Å². The fraction of sp³-hybridized carbons (Fsp3) is 0.727. The molecule has 0 aliphatic carbocycles. The molecule has 0 amide bonds. The van der Waals surface area contributed by atoms with E-state index in [-0.39, 0.29) is 0 Å². The molecule has 0 atom stereocenters. The van der Waals surface area contributed by atoms with Crippen molar-refractivity contribution in [1.29, 1.82) is 0 Å². The summed E-state index contributed by atoms with van der Waals surface area (Å²) >= 11 is 0. The molecule has 3 nitrogen and oxygen atoms in total. The first-order chi connectivity index (χ1) is 6.93. The lowest BCUT2D eigenvalue weighted by molar-refractivity contribution is -0.700. The van der Waals surface area contributed by atoms with Gasteiger partial charge in [0.05, 0.1) is 0 Å². The molecule has 0 saturated heterocycles. The van der Waals surface area contributed by atoms with Crippen molar-refractivity contribution < 1.29 is 14.1 Å². The van der Waals surface area contributed by atoms with Crippen LogP contribution in [0.4, 0.5) is 0 Å². The molecule has 0 fully saturated rings. The van der Waals surface area contributed by atoms with Crippen LogP contribution < -0.4 is 4.57 Å². The van der Waals surface area contributed by atoms with Crippen molar-refractivity contribution in [3.63, 3.8) is 0 Å². The molecular formula is C11H20NO2+. The molecule has 0 bridgehead atoms. The summed E-state index contributed by atoms with van der Waals surface area (Å²) in [5.74, 6) is 0. The summed E-state index contributed by atoms with van der Waals surface area (Å²) in [6.07, 6.45) is 12.5. The van der Waals surface area contributed by atoms with Crippen molar-refractivity contribution in [3.8, 4) is 0 Å². The van der Waals surface area contributed by atoms with Crippen LogP contribution in [-0.4, -0.2) is 11.7 Å². The second-order valence-electron chi connectivity index (χ2n) is 3.61. The molecule has 80 valence electrons. The zero-order valence-corrected chi connectivity index (χ0v) is 8.69. The van der Waals surface area contributed by atoms with Gasteiger partial charge < -0.3 is 9.52 Å². The van der Waals surface area contributed by atoms with Gasteiger partial charge in [-0.15, -0.1) is 0 Å². The van der Waals surface area contributed by atoms with Gasteiger partial charge in [-0.05, 0) is 12.8 Å². The Bertz CT molecular complexity index is 209. The smallest absolute Gasteiger partial charge is 0.334 e. The van der Waals surface area contributed by atoms with E-state index in [0.29, 0.717) is 6.61 Å². The fourth-order valence-corrected chi connectivity index (χ4v) is 1.50. The summed E-state index contributed by atoms with van der Waals surface area (Å²) in [5, 5.41) is 8.58. The Balaban J connectivity index is 1.85. The van der Waals surface area contributed by atoms with Gasteiger partial charge in [0.2, 0.25) is 6.20 Å². The molecule has 0 spiro atoms. The lowest BCUT2D eigenvalue weighted by Crippen LogP contribution is -2.29. The summed E-state index contributed by atoms with van der Waals surface area (Å²) in [6, 6.07) is 0. The van der Waals surface area contributed by atoms with Gasteiger partial charge in [0, 0.05) is 13.0 Å². The van der Waals surface area contributed by atoms with Crippen LogP contribution in [0.25, 0.3) is 0 Å². The predicted octanol–water partition coefficient (Wildman–Crippen LogP) is 1.90. The number of unbranched alkanes of at least 4 members (excludes halogenated alkanes) is 5. The molecule has 1 N–H and O–H groups in total. The Morgan fingerprint density at radius 3 is 2.36 bits per heavy atom. The number of aryl methyl sites for hydroxylation is 1. The normalized spacial score (nSPS) is 10.6. The van der Waals surface area contributed by atoms with Gasteiger partial charge in [-0.2, -0.15) is 4.57 Å². The molecule has 1 aromatic rings. The molecule has 1 heterocycles. The summed E-state index contributed by atoms with van der Waals surface area (Å²) < 4.78 is 7.02. The number of hydrogen-bond acceptors (Lipinski definition) is 2. The van der Waals surface area contributed by atoms with Crippen molar-refractivity contribution in [3.05, 3.63) is 18.9 Å². The molecule has 0 radical (unpaired) electrons. The van der Waals surface area contributed by atoms with E-state index in [1.807, 2.05) is 6.20 Å². The van der Waals surface area contributed by atoms with E-state index in [1.54, 1.807) is 12.7 Å². The molecule has 3 heteroatoms. The van der Waals surface area contributed by atoms with Gasteiger partial charge in [-0.1, -0.05) is 19.3 Å². The number of nitrogens with zero attached hydrogens (tertiary/aromatic N) is 1. The maximum Gasteiger partial charge on any atom is 0.334 e. The van der Waals surface area contributed by atoms with Crippen molar-refractivity contribution in [2.75, 3.05) is 6.61 Å². The fourth-order valence-electron chi connectivity index (χ4n) is 1.50. The van der Waals surface area contributed by atoms with Crippen LogP contribution in [0.3, 0.4) is 0 Å². The number of rotatable bonds is 8. The van der Waals surface area contributed by atoms with E-state index in [1.165, 1.54) is 25.7 Å². The van der Waals surface area contributed by atoms with E-state index >= 15 is 0 Å². The monoisotopic (exact) mass is 198 g/mol. The van der Waals surface area contributed by atoms with E-state index in [0.717, 1.165) is 19.4 Å². The lowest BCUT2D eigenvalue weighted by atomic mass is 10.1. The SMILES string of the molecule is OCCCCCCCC[n+]1ccoc1. The minimum atomic E-state index is 0.338. The second-order valence-corrected chi connectivity index (χ2v) is 3.61. The van der Waals surface area contributed by atoms with E-state index in [4.69, 9.17) is 9.52 Å². The van der Waals surface area contributed by atoms with Crippen LogP contribution in [0.15, 0.2) is 23.3 Å². The van der Waals surface area contributed by atoms with E-state index < -0.39 is 0 Å². The van der Waals surface area contributed by atoms with Gasteiger partial charge in [-0.25, -0.2) is 0 Å². The Kier molecular flexibility index (Phi) is 6.07. The molecule has 14 heavy (non-hydrogen) atoms. The Morgan fingerprint density at radius 2 is 1.71 bits per heavy atom. The standard InChI is InChI=1S/C11H20NO2/c13-9-6-4-2-1-3-5-7-12-8-10-14-11-12/h8,10-11,13H,1-7,9H2/q+1. The molecule has 0 unspecified atom stereocenters. The lowest BCUT2D eigenvalue weighted by Gasteiger charge is -1.97. The number of hydrogen-bond donors (Lipinski definition) is 1. The maximum atomic E-state index is 8.58. The van der Waals surface area contributed by atoms with Crippen LogP contribution in [0.1, 0.15) is 38.5 Å². The molecule has 0 aromatic carbocycles. The van der Waals surface area contributed by atoms with Crippen LogP contribution in [0.5, 0.6) is 0 Å². The third kappa shape index (κ3) is 5.02. The third-order valence-corrected chi connectivity index (χ3v) is 2.35. The number of aromatic nitrogens is 1.